The number of aromatic nitrogens is 1. The van der Waals surface area contributed by atoms with Gasteiger partial charge in [0.25, 0.3) is 0 Å². The molecule has 0 N–H and O–H groups in total. The SMILES string of the molecule is COC(=O)/C(Oc1cc(C)nc(Cl)c1)=C(/c1ccccc1)c1cccc(F)c1. The maximum Gasteiger partial charge on any atom is 0.374 e. The third kappa shape index (κ3) is 4.56. The molecule has 4 nitrogen and oxygen atoms in total. The molecule has 0 radical (unpaired) electrons. The minimum Gasteiger partial charge on any atom is -0.463 e. The van der Waals surface area contributed by atoms with E-state index in [0.717, 1.165) is 0 Å². The number of nitrogens with zero attached hydrogens (tertiary/aromatic N) is 1. The van der Waals surface area contributed by atoms with Crippen LogP contribution in [0.15, 0.2) is 72.5 Å². The number of methoxy groups -OCH3 is 1. The summed E-state index contributed by atoms with van der Waals surface area (Å²) in [5.74, 6) is -0.893. The number of esters is 1. The van der Waals surface area contributed by atoms with Crippen LogP contribution in [-0.2, 0) is 9.53 Å². The zero-order valence-electron chi connectivity index (χ0n) is 15.3. The Labute approximate surface area is 167 Å². The first kappa shape index (κ1) is 19.6. The predicted molar refractivity (Wildman–Crippen MR) is 105 cm³/mol. The van der Waals surface area contributed by atoms with Crippen molar-refractivity contribution in [2.75, 3.05) is 7.11 Å². The van der Waals surface area contributed by atoms with Gasteiger partial charge in [-0.25, -0.2) is 14.2 Å². The summed E-state index contributed by atoms with van der Waals surface area (Å²) >= 11 is 6.01. The van der Waals surface area contributed by atoms with Crippen LogP contribution < -0.4 is 4.74 Å². The maximum absolute atomic E-state index is 13.9. The highest BCUT2D eigenvalue weighted by atomic mass is 35.5. The van der Waals surface area contributed by atoms with Gasteiger partial charge in [0.1, 0.15) is 16.7 Å². The predicted octanol–water partition coefficient (Wildman–Crippen LogP) is 5.19. The zero-order valence-corrected chi connectivity index (χ0v) is 16.0. The van der Waals surface area contributed by atoms with Crippen molar-refractivity contribution < 1.29 is 18.7 Å². The van der Waals surface area contributed by atoms with Crippen LogP contribution in [0.2, 0.25) is 5.15 Å². The van der Waals surface area contributed by atoms with Crippen molar-refractivity contribution in [3.05, 3.63) is 100 Å². The quantitative estimate of drug-likeness (QED) is 0.257. The number of benzene rings is 2. The van der Waals surface area contributed by atoms with Crippen LogP contribution in [0.1, 0.15) is 16.8 Å². The highest BCUT2D eigenvalue weighted by molar-refractivity contribution is 6.29. The van der Waals surface area contributed by atoms with E-state index >= 15 is 0 Å². The Morgan fingerprint density at radius 3 is 2.36 bits per heavy atom. The van der Waals surface area contributed by atoms with Gasteiger partial charge in [0.15, 0.2) is 0 Å². The molecular formula is C22H17ClFNO3. The van der Waals surface area contributed by atoms with Crippen LogP contribution in [0.25, 0.3) is 5.57 Å². The van der Waals surface area contributed by atoms with Crippen LogP contribution in [0, 0.1) is 12.7 Å². The minimum absolute atomic E-state index is 0.0824. The summed E-state index contributed by atoms with van der Waals surface area (Å²) in [5.41, 5.74) is 2.17. The van der Waals surface area contributed by atoms with Crippen molar-refractivity contribution in [2.24, 2.45) is 0 Å². The molecule has 1 aromatic heterocycles. The van der Waals surface area contributed by atoms with Gasteiger partial charge >= 0.3 is 5.97 Å². The van der Waals surface area contributed by atoms with E-state index in [1.165, 1.54) is 25.3 Å². The molecule has 3 aromatic rings. The van der Waals surface area contributed by atoms with Crippen LogP contribution in [0.4, 0.5) is 4.39 Å². The smallest absolute Gasteiger partial charge is 0.374 e. The second-order valence-electron chi connectivity index (χ2n) is 5.94. The Balaban J connectivity index is 2.25. The third-order valence-corrected chi connectivity index (χ3v) is 4.08. The maximum atomic E-state index is 13.9. The van der Waals surface area contributed by atoms with Crippen LogP contribution in [0.5, 0.6) is 5.75 Å². The molecular weight excluding hydrogens is 381 g/mol. The van der Waals surface area contributed by atoms with E-state index in [9.17, 15) is 9.18 Å². The number of carbonyl (C=O) groups excluding carboxylic acids is 1. The van der Waals surface area contributed by atoms with E-state index in [0.29, 0.717) is 28.1 Å². The molecule has 2 aromatic carbocycles. The van der Waals surface area contributed by atoms with Crippen molar-refractivity contribution in [3.8, 4) is 5.75 Å². The van der Waals surface area contributed by atoms with Gasteiger partial charge < -0.3 is 9.47 Å². The van der Waals surface area contributed by atoms with E-state index < -0.39 is 11.8 Å². The molecule has 0 saturated carbocycles. The van der Waals surface area contributed by atoms with E-state index in [4.69, 9.17) is 21.1 Å². The average molecular weight is 398 g/mol. The number of carbonyl (C=O) groups is 1. The molecule has 0 fully saturated rings. The van der Waals surface area contributed by atoms with Crippen LogP contribution in [0.3, 0.4) is 0 Å². The van der Waals surface area contributed by atoms with Crippen molar-refractivity contribution in [2.45, 2.75) is 6.92 Å². The fourth-order valence-corrected chi connectivity index (χ4v) is 2.98. The highest BCUT2D eigenvalue weighted by Gasteiger charge is 2.22. The Kier molecular flexibility index (Phi) is 6.06. The Bertz CT molecular complexity index is 1010. The fraction of sp³-hybridized carbons (Fsp3) is 0.0909. The topological polar surface area (TPSA) is 48.4 Å². The molecule has 0 bridgehead atoms. The lowest BCUT2D eigenvalue weighted by atomic mass is 9.96. The highest BCUT2D eigenvalue weighted by Crippen LogP contribution is 2.30. The van der Waals surface area contributed by atoms with Gasteiger partial charge in [-0.05, 0) is 30.2 Å². The van der Waals surface area contributed by atoms with Gasteiger partial charge in [-0.3, -0.25) is 0 Å². The van der Waals surface area contributed by atoms with Gasteiger partial charge in [0.05, 0.1) is 7.11 Å². The van der Waals surface area contributed by atoms with Crippen molar-refractivity contribution >= 4 is 23.1 Å². The standard InChI is InChI=1S/C22H17ClFNO3/c1-14-11-18(13-19(23)25-14)28-21(22(26)27-2)20(15-7-4-3-5-8-15)16-9-6-10-17(24)12-16/h3-13H,1-2H3/b21-20+. The molecule has 0 aliphatic heterocycles. The summed E-state index contributed by atoms with van der Waals surface area (Å²) in [5, 5.41) is 0.228. The van der Waals surface area contributed by atoms with Crippen molar-refractivity contribution in [1.29, 1.82) is 0 Å². The summed E-state index contributed by atoms with van der Waals surface area (Å²) in [6, 6.07) is 18.1. The zero-order chi connectivity index (χ0) is 20.1. The molecule has 3 rings (SSSR count). The Morgan fingerprint density at radius 1 is 1.00 bits per heavy atom. The molecule has 0 atom stereocenters. The molecule has 0 amide bonds. The number of aryl methyl sites for hydroxylation is 1. The first-order chi connectivity index (χ1) is 13.5. The van der Waals surface area contributed by atoms with E-state index in [1.54, 1.807) is 37.3 Å². The van der Waals surface area contributed by atoms with Gasteiger partial charge in [-0.15, -0.1) is 0 Å². The summed E-state index contributed by atoms with van der Waals surface area (Å²) < 4.78 is 24.8. The number of ether oxygens (including phenoxy) is 2. The lowest BCUT2D eigenvalue weighted by molar-refractivity contribution is -0.138. The summed E-state index contributed by atoms with van der Waals surface area (Å²) in [6.07, 6.45) is 0. The van der Waals surface area contributed by atoms with E-state index in [1.807, 2.05) is 18.2 Å². The number of halogens is 2. The number of pyridine rings is 1. The molecule has 0 aliphatic rings. The summed E-state index contributed by atoms with van der Waals surface area (Å²) in [7, 11) is 1.25. The van der Waals surface area contributed by atoms with E-state index in [2.05, 4.69) is 4.98 Å². The largest absolute Gasteiger partial charge is 0.463 e. The third-order valence-electron chi connectivity index (χ3n) is 3.89. The van der Waals surface area contributed by atoms with E-state index in [-0.39, 0.29) is 10.9 Å². The molecule has 0 unspecified atom stereocenters. The first-order valence-electron chi connectivity index (χ1n) is 8.44. The van der Waals surface area contributed by atoms with Crippen LogP contribution >= 0.6 is 11.6 Å². The van der Waals surface area contributed by atoms with Crippen molar-refractivity contribution in [1.82, 2.24) is 4.98 Å². The molecule has 142 valence electrons. The van der Waals surface area contributed by atoms with Gasteiger partial charge in [0, 0.05) is 23.4 Å². The fourth-order valence-electron chi connectivity index (χ4n) is 2.74. The second kappa shape index (κ2) is 8.67. The lowest BCUT2D eigenvalue weighted by Gasteiger charge is -2.16. The molecule has 1 heterocycles. The molecule has 28 heavy (non-hydrogen) atoms. The van der Waals surface area contributed by atoms with Gasteiger partial charge in [-0.1, -0.05) is 54.1 Å². The van der Waals surface area contributed by atoms with Crippen LogP contribution in [-0.4, -0.2) is 18.1 Å². The first-order valence-corrected chi connectivity index (χ1v) is 8.81. The average Bonchev–Trinajstić information content (AvgIpc) is 2.67. The summed E-state index contributed by atoms with van der Waals surface area (Å²) in [6.45, 7) is 1.75. The van der Waals surface area contributed by atoms with Crippen molar-refractivity contribution in [3.63, 3.8) is 0 Å². The molecule has 0 aliphatic carbocycles. The lowest BCUT2D eigenvalue weighted by Crippen LogP contribution is -2.14. The number of hydrogen-bond donors (Lipinski definition) is 0. The monoisotopic (exact) mass is 397 g/mol. The second-order valence-corrected chi connectivity index (χ2v) is 6.33. The normalized spacial score (nSPS) is 11.6. The minimum atomic E-state index is -0.700. The Morgan fingerprint density at radius 2 is 1.71 bits per heavy atom. The Hall–Kier alpha value is -3.18. The molecule has 0 spiro atoms. The van der Waals surface area contributed by atoms with Gasteiger partial charge in [-0.2, -0.15) is 0 Å². The molecule has 6 heteroatoms. The number of rotatable bonds is 5. The summed E-state index contributed by atoms with van der Waals surface area (Å²) in [4.78, 5) is 16.7. The molecule has 0 saturated heterocycles. The number of hydrogen-bond acceptors (Lipinski definition) is 4. The van der Waals surface area contributed by atoms with Gasteiger partial charge in [0.2, 0.25) is 5.76 Å².